The fourth-order valence-electron chi connectivity index (χ4n) is 1.78. The molecule has 0 unspecified atom stereocenters. The molecule has 1 rings (SSSR count). The molecular formula is C11H19N3O2. The Morgan fingerprint density at radius 1 is 1.38 bits per heavy atom. The molecule has 90 valence electrons. The Kier molecular flexibility index (Phi) is 5.83. The van der Waals surface area contributed by atoms with Gasteiger partial charge in [0.1, 0.15) is 0 Å². The van der Waals surface area contributed by atoms with E-state index in [0.29, 0.717) is 19.6 Å². The van der Waals surface area contributed by atoms with E-state index in [1.807, 2.05) is 4.90 Å². The summed E-state index contributed by atoms with van der Waals surface area (Å²) in [5, 5.41) is 8.55. The summed E-state index contributed by atoms with van der Waals surface area (Å²) in [5.74, 6) is 0.202. The van der Waals surface area contributed by atoms with E-state index in [1.165, 1.54) is 0 Å². The second-order valence-electron chi connectivity index (χ2n) is 3.91. The predicted octanol–water partition coefficient (Wildman–Crippen LogP) is 0.0808. The van der Waals surface area contributed by atoms with Crippen LogP contribution in [0.4, 0.5) is 0 Å². The van der Waals surface area contributed by atoms with Gasteiger partial charge in [0.05, 0.1) is 12.6 Å². The lowest BCUT2D eigenvalue weighted by Gasteiger charge is -2.33. The summed E-state index contributed by atoms with van der Waals surface area (Å²) in [4.78, 5) is 15.7. The molecule has 0 aromatic heterocycles. The number of amides is 1. The fraction of sp³-hybridized carbons (Fsp3) is 0.818. The van der Waals surface area contributed by atoms with Crippen molar-refractivity contribution in [3.8, 4) is 6.07 Å². The highest BCUT2D eigenvalue weighted by atomic mass is 16.5. The first-order valence-corrected chi connectivity index (χ1v) is 5.64. The van der Waals surface area contributed by atoms with Crippen LogP contribution < -0.4 is 0 Å². The first-order valence-electron chi connectivity index (χ1n) is 5.64. The topological polar surface area (TPSA) is 56.6 Å². The maximum Gasteiger partial charge on any atom is 0.222 e. The number of hydrogen-bond donors (Lipinski definition) is 0. The molecule has 0 saturated carbocycles. The Labute approximate surface area is 96.6 Å². The number of nitrogens with zero attached hydrogens (tertiary/aromatic N) is 3. The molecule has 0 radical (unpaired) electrons. The molecular weight excluding hydrogens is 206 g/mol. The summed E-state index contributed by atoms with van der Waals surface area (Å²) >= 11 is 0. The normalized spacial score (nSPS) is 17.1. The maximum absolute atomic E-state index is 11.7. The minimum Gasteiger partial charge on any atom is -0.385 e. The largest absolute Gasteiger partial charge is 0.385 e. The maximum atomic E-state index is 11.7. The molecule has 0 N–H and O–H groups in total. The van der Waals surface area contributed by atoms with Crippen molar-refractivity contribution >= 4 is 5.91 Å². The van der Waals surface area contributed by atoms with Gasteiger partial charge in [0, 0.05) is 46.3 Å². The lowest BCUT2D eigenvalue weighted by atomic mass is 10.2. The second-order valence-corrected chi connectivity index (χ2v) is 3.91. The minimum absolute atomic E-state index is 0.202. The van der Waals surface area contributed by atoms with Crippen LogP contribution >= 0.6 is 0 Å². The lowest BCUT2D eigenvalue weighted by molar-refractivity contribution is -0.133. The Hall–Kier alpha value is -1.12. The monoisotopic (exact) mass is 225 g/mol. The van der Waals surface area contributed by atoms with E-state index < -0.39 is 0 Å². The molecule has 1 heterocycles. The first-order chi connectivity index (χ1) is 7.77. The number of methoxy groups -OCH3 is 1. The summed E-state index contributed by atoms with van der Waals surface area (Å²) in [6, 6.07) is 2.13. The number of carbonyl (C=O) groups excluding carboxylic acids is 1. The SMILES string of the molecule is COCCCC(=O)N1CCN(CC#N)CC1. The van der Waals surface area contributed by atoms with E-state index in [2.05, 4.69) is 11.0 Å². The summed E-state index contributed by atoms with van der Waals surface area (Å²) in [6.45, 7) is 4.21. The smallest absolute Gasteiger partial charge is 0.222 e. The van der Waals surface area contributed by atoms with E-state index in [-0.39, 0.29) is 5.91 Å². The molecule has 1 aliphatic heterocycles. The highest BCUT2D eigenvalue weighted by molar-refractivity contribution is 5.76. The average molecular weight is 225 g/mol. The Morgan fingerprint density at radius 2 is 2.06 bits per heavy atom. The van der Waals surface area contributed by atoms with Crippen LogP contribution in [-0.4, -0.2) is 62.1 Å². The Balaban J connectivity index is 2.20. The van der Waals surface area contributed by atoms with Gasteiger partial charge in [-0.2, -0.15) is 5.26 Å². The number of rotatable bonds is 5. The van der Waals surface area contributed by atoms with Crippen LogP contribution in [0.15, 0.2) is 0 Å². The molecule has 5 heteroatoms. The molecule has 0 spiro atoms. The number of piperazine rings is 1. The van der Waals surface area contributed by atoms with Gasteiger partial charge in [0.15, 0.2) is 0 Å². The zero-order valence-electron chi connectivity index (χ0n) is 9.81. The van der Waals surface area contributed by atoms with Gasteiger partial charge in [-0.05, 0) is 6.42 Å². The lowest BCUT2D eigenvalue weighted by Crippen LogP contribution is -2.48. The summed E-state index contributed by atoms with van der Waals surface area (Å²) in [7, 11) is 1.64. The van der Waals surface area contributed by atoms with Crippen LogP contribution in [0.2, 0.25) is 0 Å². The van der Waals surface area contributed by atoms with Gasteiger partial charge in [-0.3, -0.25) is 9.69 Å². The van der Waals surface area contributed by atoms with Crippen molar-refractivity contribution in [2.24, 2.45) is 0 Å². The van der Waals surface area contributed by atoms with Crippen LogP contribution in [-0.2, 0) is 9.53 Å². The van der Waals surface area contributed by atoms with Gasteiger partial charge >= 0.3 is 0 Å². The van der Waals surface area contributed by atoms with E-state index >= 15 is 0 Å². The molecule has 1 saturated heterocycles. The van der Waals surface area contributed by atoms with Gasteiger partial charge in [-0.1, -0.05) is 0 Å². The van der Waals surface area contributed by atoms with E-state index in [0.717, 1.165) is 32.6 Å². The quantitative estimate of drug-likeness (QED) is 0.491. The van der Waals surface area contributed by atoms with Gasteiger partial charge in [0.2, 0.25) is 5.91 Å². The molecule has 1 aliphatic rings. The van der Waals surface area contributed by atoms with Crippen molar-refractivity contribution in [2.45, 2.75) is 12.8 Å². The zero-order chi connectivity index (χ0) is 11.8. The standard InChI is InChI=1S/C11H19N3O2/c1-16-10-2-3-11(15)14-8-6-13(5-4-12)7-9-14/h2-3,5-10H2,1H3. The van der Waals surface area contributed by atoms with Crippen molar-refractivity contribution in [3.63, 3.8) is 0 Å². The zero-order valence-corrected chi connectivity index (χ0v) is 9.81. The number of carbonyl (C=O) groups is 1. The molecule has 0 aromatic carbocycles. The van der Waals surface area contributed by atoms with Crippen LogP contribution in [0.1, 0.15) is 12.8 Å². The van der Waals surface area contributed by atoms with Gasteiger partial charge in [-0.25, -0.2) is 0 Å². The molecule has 0 atom stereocenters. The Bertz CT molecular complexity index is 254. The Morgan fingerprint density at radius 3 is 2.62 bits per heavy atom. The number of hydrogen-bond acceptors (Lipinski definition) is 4. The van der Waals surface area contributed by atoms with Crippen LogP contribution in [0.25, 0.3) is 0 Å². The first kappa shape index (κ1) is 12.9. The van der Waals surface area contributed by atoms with Crippen LogP contribution in [0, 0.1) is 11.3 Å². The van der Waals surface area contributed by atoms with Crippen molar-refractivity contribution < 1.29 is 9.53 Å². The third kappa shape index (κ3) is 4.17. The van der Waals surface area contributed by atoms with Crippen molar-refractivity contribution in [1.29, 1.82) is 5.26 Å². The molecule has 16 heavy (non-hydrogen) atoms. The summed E-state index contributed by atoms with van der Waals surface area (Å²) in [5.41, 5.74) is 0. The molecule has 0 aliphatic carbocycles. The summed E-state index contributed by atoms with van der Waals surface area (Å²) in [6.07, 6.45) is 1.35. The van der Waals surface area contributed by atoms with E-state index in [4.69, 9.17) is 10.00 Å². The van der Waals surface area contributed by atoms with Crippen LogP contribution in [0.3, 0.4) is 0 Å². The van der Waals surface area contributed by atoms with Gasteiger partial charge < -0.3 is 9.64 Å². The third-order valence-electron chi connectivity index (χ3n) is 2.76. The summed E-state index contributed by atoms with van der Waals surface area (Å²) < 4.78 is 4.91. The van der Waals surface area contributed by atoms with E-state index in [1.54, 1.807) is 7.11 Å². The molecule has 1 amide bonds. The molecule has 0 aromatic rings. The predicted molar refractivity (Wildman–Crippen MR) is 59.7 cm³/mol. The molecule has 1 fully saturated rings. The van der Waals surface area contributed by atoms with Crippen molar-refractivity contribution in [1.82, 2.24) is 9.80 Å². The minimum atomic E-state index is 0.202. The highest BCUT2D eigenvalue weighted by Gasteiger charge is 2.19. The van der Waals surface area contributed by atoms with Gasteiger partial charge in [-0.15, -0.1) is 0 Å². The van der Waals surface area contributed by atoms with Crippen LogP contribution in [0.5, 0.6) is 0 Å². The third-order valence-corrected chi connectivity index (χ3v) is 2.76. The number of ether oxygens (including phenoxy) is 1. The average Bonchev–Trinajstić information content (AvgIpc) is 2.30. The van der Waals surface area contributed by atoms with E-state index in [9.17, 15) is 4.79 Å². The molecule has 0 bridgehead atoms. The fourth-order valence-corrected chi connectivity index (χ4v) is 1.78. The van der Waals surface area contributed by atoms with Crippen molar-refractivity contribution in [3.05, 3.63) is 0 Å². The van der Waals surface area contributed by atoms with Crippen molar-refractivity contribution in [2.75, 3.05) is 46.4 Å². The second kappa shape index (κ2) is 7.20. The van der Waals surface area contributed by atoms with Gasteiger partial charge in [0.25, 0.3) is 0 Å². The molecule has 5 nitrogen and oxygen atoms in total. The number of nitriles is 1. The highest BCUT2D eigenvalue weighted by Crippen LogP contribution is 2.04.